The lowest BCUT2D eigenvalue weighted by atomic mass is 9.90. The zero-order chi connectivity index (χ0) is 12.8. The summed E-state index contributed by atoms with van der Waals surface area (Å²) in [7, 11) is 0. The van der Waals surface area contributed by atoms with Gasteiger partial charge in [0, 0.05) is 12.6 Å². The molecule has 0 spiro atoms. The summed E-state index contributed by atoms with van der Waals surface area (Å²) in [6.45, 7) is 7.72. The second-order valence-electron chi connectivity index (χ2n) is 5.26. The van der Waals surface area contributed by atoms with Gasteiger partial charge in [0.25, 0.3) is 0 Å². The van der Waals surface area contributed by atoms with Crippen molar-refractivity contribution in [2.45, 2.75) is 52.1 Å². The van der Waals surface area contributed by atoms with Crippen LogP contribution in [0.2, 0.25) is 0 Å². The fourth-order valence-electron chi connectivity index (χ4n) is 2.77. The second-order valence-corrected chi connectivity index (χ2v) is 5.26. The first-order chi connectivity index (χ1) is 8.85. The van der Waals surface area contributed by atoms with Crippen molar-refractivity contribution in [1.82, 2.24) is 10.6 Å². The number of nitrogens with one attached hydrogen (secondary N) is 2. The van der Waals surface area contributed by atoms with Crippen LogP contribution < -0.4 is 10.6 Å². The molecule has 0 amide bonds. The Morgan fingerprint density at radius 1 is 1.28 bits per heavy atom. The summed E-state index contributed by atoms with van der Waals surface area (Å²) in [4.78, 5) is 0. The van der Waals surface area contributed by atoms with E-state index in [1.165, 1.54) is 36.8 Å². The van der Waals surface area contributed by atoms with Crippen molar-refractivity contribution in [3.8, 4) is 0 Å². The fraction of sp³-hybridized carbons (Fsp3) is 0.625. The molecule has 2 nitrogen and oxygen atoms in total. The fourth-order valence-corrected chi connectivity index (χ4v) is 2.77. The third-order valence-corrected chi connectivity index (χ3v) is 3.70. The highest BCUT2D eigenvalue weighted by molar-refractivity contribution is 5.36. The lowest BCUT2D eigenvalue weighted by Crippen LogP contribution is -2.30. The lowest BCUT2D eigenvalue weighted by molar-refractivity contribution is 0.470. The first kappa shape index (κ1) is 13.6. The van der Waals surface area contributed by atoms with Gasteiger partial charge in [-0.05, 0) is 49.0 Å². The maximum absolute atomic E-state index is 3.63. The molecular weight excluding hydrogens is 220 g/mol. The molecule has 0 aromatic heterocycles. The zero-order valence-corrected chi connectivity index (χ0v) is 11.8. The van der Waals surface area contributed by atoms with Crippen molar-refractivity contribution in [2.75, 3.05) is 13.1 Å². The Morgan fingerprint density at radius 3 is 2.94 bits per heavy atom. The molecule has 1 heterocycles. The minimum absolute atomic E-state index is 0.580. The van der Waals surface area contributed by atoms with Crippen LogP contribution in [0.3, 0.4) is 0 Å². The average molecular weight is 246 g/mol. The number of hydrogen-bond acceptors (Lipinski definition) is 2. The van der Waals surface area contributed by atoms with Crippen LogP contribution in [0, 0.1) is 0 Å². The number of hydrogen-bond donors (Lipinski definition) is 2. The molecule has 18 heavy (non-hydrogen) atoms. The highest BCUT2D eigenvalue weighted by Gasteiger charge is 2.18. The predicted molar refractivity (Wildman–Crippen MR) is 77.8 cm³/mol. The predicted octanol–water partition coefficient (Wildman–Crippen LogP) is 3.17. The monoisotopic (exact) mass is 246 g/mol. The molecular formula is C16H26N2. The summed E-state index contributed by atoms with van der Waals surface area (Å²) in [5, 5.41) is 7.11. The normalized spacial score (nSPS) is 18.7. The van der Waals surface area contributed by atoms with Crippen molar-refractivity contribution < 1.29 is 0 Å². The first-order valence-electron chi connectivity index (χ1n) is 7.41. The van der Waals surface area contributed by atoms with Crippen molar-refractivity contribution >= 4 is 0 Å². The quantitative estimate of drug-likeness (QED) is 0.753. The van der Waals surface area contributed by atoms with Gasteiger partial charge in [-0.3, -0.25) is 0 Å². The summed E-state index contributed by atoms with van der Waals surface area (Å²) in [6.07, 6.45) is 4.88. The molecule has 0 saturated heterocycles. The van der Waals surface area contributed by atoms with Crippen molar-refractivity contribution in [2.24, 2.45) is 0 Å². The third-order valence-electron chi connectivity index (χ3n) is 3.70. The molecule has 1 aliphatic rings. The molecule has 0 radical (unpaired) electrons. The van der Waals surface area contributed by atoms with E-state index in [2.05, 4.69) is 42.7 Å². The summed E-state index contributed by atoms with van der Waals surface area (Å²) in [5.74, 6) is 0. The molecule has 1 atom stereocenters. The number of fused-ring (bicyclic) bond motifs is 1. The van der Waals surface area contributed by atoms with Gasteiger partial charge in [-0.2, -0.15) is 0 Å². The Balaban J connectivity index is 2.06. The maximum atomic E-state index is 3.63. The van der Waals surface area contributed by atoms with Gasteiger partial charge in [0.05, 0.1) is 0 Å². The molecule has 100 valence electrons. The summed E-state index contributed by atoms with van der Waals surface area (Å²) >= 11 is 0. The van der Waals surface area contributed by atoms with Crippen LogP contribution in [0.5, 0.6) is 0 Å². The van der Waals surface area contributed by atoms with E-state index >= 15 is 0 Å². The van der Waals surface area contributed by atoms with E-state index < -0.39 is 0 Å². The molecule has 1 aromatic rings. The van der Waals surface area contributed by atoms with Gasteiger partial charge in [0.2, 0.25) is 0 Å². The van der Waals surface area contributed by atoms with E-state index in [0.29, 0.717) is 6.04 Å². The van der Waals surface area contributed by atoms with Crippen LogP contribution in [0.1, 0.15) is 55.8 Å². The van der Waals surface area contributed by atoms with E-state index in [1.807, 2.05) is 0 Å². The molecule has 1 unspecified atom stereocenters. The molecule has 1 aromatic carbocycles. The standard InChI is InChI=1S/C16H26N2/c1-3-5-16-15-7-6-13(12-17-9-4-2)11-14(15)8-10-18-16/h6-7,11,16-18H,3-5,8-10,12H2,1-2H3. The van der Waals surface area contributed by atoms with Crippen molar-refractivity contribution in [3.63, 3.8) is 0 Å². The lowest BCUT2D eigenvalue weighted by Gasteiger charge is -2.27. The van der Waals surface area contributed by atoms with Gasteiger partial charge < -0.3 is 10.6 Å². The molecule has 0 aliphatic carbocycles. The smallest absolute Gasteiger partial charge is 0.0323 e. The second kappa shape index (κ2) is 6.91. The highest BCUT2D eigenvalue weighted by atomic mass is 14.9. The van der Waals surface area contributed by atoms with E-state index in [0.717, 1.165) is 19.6 Å². The summed E-state index contributed by atoms with van der Waals surface area (Å²) < 4.78 is 0. The Labute approximate surface area is 111 Å². The average Bonchev–Trinajstić information content (AvgIpc) is 2.39. The van der Waals surface area contributed by atoms with Crippen LogP contribution in [0.15, 0.2) is 18.2 Å². The van der Waals surface area contributed by atoms with Crippen LogP contribution in [-0.2, 0) is 13.0 Å². The maximum Gasteiger partial charge on any atom is 0.0323 e. The minimum Gasteiger partial charge on any atom is -0.313 e. The van der Waals surface area contributed by atoms with Crippen LogP contribution in [0.4, 0.5) is 0 Å². The van der Waals surface area contributed by atoms with Gasteiger partial charge in [0.15, 0.2) is 0 Å². The van der Waals surface area contributed by atoms with E-state index in [-0.39, 0.29) is 0 Å². The van der Waals surface area contributed by atoms with Crippen LogP contribution >= 0.6 is 0 Å². The van der Waals surface area contributed by atoms with E-state index in [1.54, 1.807) is 5.56 Å². The van der Waals surface area contributed by atoms with Gasteiger partial charge >= 0.3 is 0 Å². The Kier molecular flexibility index (Phi) is 5.21. The molecule has 1 aliphatic heterocycles. The van der Waals surface area contributed by atoms with Crippen molar-refractivity contribution in [1.29, 1.82) is 0 Å². The molecule has 0 bridgehead atoms. The van der Waals surface area contributed by atoms with Crippen LogP contribution in [-0.4, -0.2) is 13.1 Å². The Hall–Kier alpha value is -0.860. The Bertz CT molecular complexity index is 373. The van der Waals surface area contributed by atoms with Gasteiger partial charge in [-0.1, -0.05) is 38.5 Å². The third kappa shape index (κ3) is 3.33. The molecule has 2 N–H and O–H groups in total. The molecule has 2 rings (SSSR count). The zero-order valence-electron chi connectivity index (χ0n) is 11.8. The first-order valence-corrected chi connectivity index (χ1v) is 7.41. The topological polar surface area (TPSA) is 24.1 Å². The highest BCUT2D eigenvalue weighted by Crippen LogP contribution is 2.27. The van der Waals surface area contributed by atoms with Gasteiger partial charge in [-0.15, -0.1) is 0 Å². The minimum atomic E-state index is 0.580. The summed E-state index contributed by atoms with van der Waals surface area (Å²) in [6, 6.07) is 7.61. The van der Waals surface area contributed by atoms with Gasteiger partial charge in [-0.25, -0.2) is 0 Å². The van der Waals surface area contributed by atoms with Crippen molar-refractivity contribution in [3.05, 3.63) is 34.9 Å². The largest absolute Gasteiger partial charge is 0.313 e. The molecule has 0 fully saturated rings. The SMILES string of the molecule is CCCNCc1ccc2c(c1)CCNC2CCC. The van der Waals surface area contributed by atoms with E-state index in [9.17, 15) is 0 Å². The number of benzene rings is 1. The molecule has 2 heteroatoms. The van der Waals surface area contributed by atoms with E-state index in [4.69, 9.17) is 0 Å². The summed E-state index contributed by atoms with van der Waals surface area (Å²) in [5.41, 5.74) is 4.52. The number of rotatable bonds is 6. The van der Waals surface area contributed by atoms with Gasteiger partial charge in [0.1, 0.15) is 0 Å². The van der Waals surface area contributed by atoms with Crippen LogP contribution in [0.25, 0.3) is 0 Å². The molecule has 0 saturated carbocycles. The Morgan fingerprint density at radius 2 is 2.17 bits per heavy atom.